The first-order chi connectivity index (χ1) is 16.6. The first kappa shape index (κ1) is 22.7. The molecule has 2 aromatic carbocycles. The number of hydrogen-bond donors (Lipinski definition) is 1. The highest BCUT2D eigenvalue weighted by Gasteiger charge is 2.40. The summed E-state index contributed by atoms with van der Waals surface area (Å²) in [4.78, 5) is 11.0. The fraction of sp³-hybridized carbons (Fsp3) is 0.444. The van der Waals surface area contributed by atoms with Crippen LogP contribution in [-0.4, -0.2) is 81.6 Å². The van der Waals surface area contributed by atoms with Crippen molar-refractivity contribution in [3.63, 3.8) is 0 Å². The van der Waals surface area contributed by atoms with Crippen LogP contribution in [0.15, 0.2) is 53.2 Å². The molecule has 0 spiro atoms. The number of fused-ring (bicyclic) bond motifs is 3. The number of anilines is 1. The summed E-state index contributed by atoms with van der Waals surface area (Å²) in [6.07, 6.45) is 2.35. The number of rotatable bonds is 7. The zero-order valence-corrected chi connectivity index (χ0v) is 20.3. The molecule has 7 nitrogen and oxygen atoms in total. The summed E-state index contributed by atoms with van der Waals surface area (Å²) in [6, 6.07) is 14.5. The van der Waals surface area contributed by atoms with E-state index in [0.717, 1.165) is 68.5 Å². The Morgan fingerprint density at radius 2 is 1.76 bits per heavy atom. The summed E-state index contributed by atoms with van der Waals surface area (Å²) >= 11 is 0. The number of nitrogens with one attached hydrogen (secondary N) is 1. The van der Waals surface area contributed by atoms with Gasteiger partial charge in [-0.1, -0.05) is 47.1 Å². The molecular formula is C27H34N4O3. The minimum atomic E-state index is 0.0648. The van der Waals surface area contributed by atoms with Crippen molar-refractivity contribution in [1.82, 2.24) is 9.80 Å². The lowest BCUT2D eigenvalue weighted by molar-refractivity contribution is 0.0203. The molecular weight excluding hydrogens is 428 g/mol. The van der Waals surface area contributed by atoms with E-state index in [9.17, 15) is 0 Å². The van der Waals surface area contributed by atoms with Gasteiger partial charge >= 0.3 is 0 Å². The van der Waals surface area contributed by atoms with Crippen molar-refractivity contribution in [1.29, 1.82) is 0 Å². The third-order valence-electron chi connectivity index (χ3n) is 6.99. The lowest BCUT2D eigenvalue weighted by Crippen LogP contribution is -2.50. The standard InChI is InChI=1S/C27H34N4O3/c1-19(13-20-7-5-4-6-8-20)17-30-9-11-31(12-10-30)18-26-22-16-28-23-15-25(33-3)24(32-2)14-21(23)27(22)29-34-26/h4-8,13-15,22,26,28H,9-12,16-18H2,1-3H3/b19-13+/t22-,26-/m0/s1. The van der Waals surface area contributed by atoms with E-state index in [1.807, 2.05) is 12.1 Å². The monoisotopic (exact) mass is 462 g/mol. The zero-order chi connectivity index (χ0) is 23.5. The van der Waals surface area contributed by atoms with E-state index < -0.39 is 0 Å². The van der Waals surface area contributed by atoms with E-state index >= 15 is 0 Å². The molecule has 3 aliphatic heterocycles. The second-order valence-electron chi connectivity index (χ2n) is 9.34. The van der Waals surface area contributed by atoms with Crippen molar-refractivity contribution < 1.29 is 14.3 Å². The van der Waals surface area contributed by atoms with Gasteiger partial charge in [-0.2, -0.15) is 0 Å². The van der Waals surface area contributed by atoms with Gasteiger partial charge in [-0.25, -0.2) is 0 Å². The Bertz CT molecular complexity index is 1060. The van der Waals surface area contributed by atoms with E-state index in [-0.39, 0.29) is 12.0 Å². The first-order valence-corrected chi connectivity index (χ1v) is 12.1. The minimum absolute atomic E-state index is 0.0648. The normalized spacial score (nSPS) is 22.8. The quantitative estimate of drug-likeness (QED) is 0.679. The molecule has 180 valence electrons. The number of benzene rings is 2. The largest absolute Gasteiger partial charge is 0.493 e. The second kappa shape index (κ2) is 10.1. The molecule has 2 atom stereocenters. The van der Waals surface area contributed by atoms with E-state index in [1.165, 1.54) is 11.1 Å². The van der Waals surface area contributed by atoms with E-state index in [4.69, 9.17) is 14.3 Å². The highest BCUT2D eigenvalue weighted by molar-refractivity contribution is 6.09. The van der Waals surface area contributed by atoms with Crippen LogP contribution < -0.4 is 14.8 Å². The maximum atomic E-state index is 5.96. The molecule has 0 unspecified atom stereocenters. The number of ether oxygens (including phenoxy) is 2. The molecule has 0 radical (unpaired) electrons. The van der Waals surface area contributed by atoms with Crippen LogP contribution in [0.3, 0.4) is 0 Å². The van der Waals surface area contributed by atoms with Crippen LogP contribution >= 0.6 is 0 Å². The summed E-state index contributed by atoms with van der Waals surface area (Å²) < 4.78 is 11.0. The van der Waals surface area contributed by atoms with E-state index in [0.29, 0.717) is 5.75 Å². The first-order valence-electron chi connectivity index (χ1n) is 12.1. The highest BCUT2D eigenvalue weighted by Crippen LogP contribution is 2.39. The smallest absolute Gasteiger partial charge is 0.162 e. The number of methoxy groups -OCH3 is 2. The Morgan fingerprint density at radius 3 is 2.50 bits per heavy atom. The van der Waals surface area contributed by atoms with Gasteiger partial charge in [0.1, 0.15) is 6.10 Å². The van der Waals surface area contributed by atoms with Crippen molar-refractivity contribution in [3.8, 4) is 11.5 Å². The van der Waals surface area contributed by atoms with Crippen LogP contribution in [-0.2, 0) is 4.84 Å². The molecule has 3 aliphatic rings. The summed E-state index contributed by atoms with van der Waals surface area (Å²) in [6.45, 7) is 9.20. The van der Waals surface area contributed by atoms with E-state index in [1.54, 1.807) is 14.2 Å². The van der Waals surface area contributed by atoms with E-state index in [2.05, 4.69) is 63.6 Å². The van der Waals surface area contributed by atoms with Crippen LogP contribution in [0.5, 0.6) is 11.5 Å². The van der Waals surface area contributed by atoms with Gasteiger partial charge in [0, 0.05) is 63.1 Å². The van der Waals surface area contributed by atoms with Crippen molar-refractivity contribution >= 4 is 17.5 Å². The van der Waals surface area contributed by atoms with Gasteiger partial charge < -0.3 is 19.6 Å². The lowest BCUT2D eigenvalue weighted by Gasteiger charge is -2.36. The summed E-state index contributed by atoms with van der Waals surface area (Å²) in [5.74, 6) is 1.66. The fourth-order valence-corrected chi connectivity index (χ4v) is 5.15. The molecule has 2 aromatic rings. The average molecular weight is 463 g/mol. The van der Waals surface area contributed by atoms with Gasteiger partial charge in [0.2, 0.25) is 0 Å². The predicted molar refractivity (Wildman–Crippen MR) is 136 cm³/mol. The van der Waals surface area contributed by atoms with Gasteiger partial charge in [0.15, 0.2) is 11.5 Å². The SMILES string of the molecule is COc1cc2c(cc1OC)C1=NO[C@@H](CN3CCN(C/C(C)=C/c4ccccc4)CC3)[C@@H]1CN2. The van der Waals surface area contributed by atoms with Crippen LogP contribution in [0.4, 0.5) is 5.69 Å². The van der Waals surface area contributed by atoms with Crippen molar-refractivity contribution in [2.45, 2.75) is 13.0 Å². The van der Waals surface area contributed by atoms with Crippen LogP contribution in [0.2, 0.25) is 0 Å². The van der Waals surface area contributed by atoms with Gasteiger partial charge in [0.05, 0.1) is 25.8 Å². The van der Waals surface area contributed by atoms with Crippen molar-refractivity contribution in [2.24, 2.45) is 11.1 Å². The summed E-state index contributed by atoms with van der Waals surface area (Å²) in [7, 11) is 3.31. The molecule has 7 heteroatoms. The summed E-state index contributed by atoms with van der Waals surface area (Å²) in [5.41, 5.74) is 5.74. The lowest BCUT2D eigenvalue weighted by atomic mass is 9.87. The molecule has 0 bridgehead atoms. The maximum Gasteiger partial charge on any atom is 0.162 e. The van der Waals surface area contributed by atoms with Crippen molar-refractivity contribution in [2.75, 3.05) is 65.3 Å². The topological polar surface area (TPSA) is 58.6 Å². The van der Waals surface area contributed by atoms with Gasteiger partial charge in [-0.3, -0.25) is 9.80 Å². The van der Waals surface area contributed by atoms with Crippen molar-refractivity contribution in [3.05, 3.63) is 59.2 Å². The zero-order valence-electron chi connectivity index (χ0n) is 20.3. The van der Waals surface area contributed by atoms with Crippen LogP contribution in [0.25, 0.3) is 6.08 Å². The molecule has 0 aliphatic carbocycles. The minimum Gasteiger partial charge on any atom is -0.493 e. The number of hydrogen-bond acceptors (Lipinski definition) is 7. The number of oxime groups is 1. The Hall–Kier alpha value is -3.03. The van der Waals surface area contributed by atoms with Gasteiger partial charge in [-0.15, -0.1) is 0 Å². The molecule has 0 aromatic heterocycles. The molecule has 34 heavy (non-hydrogen) atoms. The van der Waals surface area contributed by atoms with Crippen LogP contribution in [0.1, 0.15) is 18.1 Å². The molecule has 3 heterocycles. The fourth-order valence-electron chi connectivity index (χ4n) is 5.15. The Labute approximate surface area is 202 Å². The van der Waals surface area contributed by atoms with Gasteiger partial charge in [0.25, 0.3) is 0 Å². The van der Waals surface area contributed by atoms with Gasteiger partial charge in [-0.05, 0) is 18.6 Å². The second-order valence-corrected chi connectivity index (χ2v) is 9.34. The third kappa shape index (κ3) is 4.76. The third-order valence-corrected chi connectivity index (χ3v) is 6.99. The molecule has 1 saturated heterocycles. The molecule has 1 fully saturated rings. The summed E-state index contributed by atoms with van der Waals surface area (Å²) in [5, 5.41) is 8.05. The molecule has 0 amide bonds. The number of nitrogens with zero attached hydrogens (tertiary/aromatic N) is 3. The average Bonchev–Trinajstić information content (AvgIpc) is 3.28. The molecule has 0 saturated carbocycles. The Balaban J connectivity index is 1.15. The predicted octanol–water partition coefficient (Wildman–Crippen LogP) is 3.57. The Morgan fingerprint density at radius 1 is 1.06 bits per heavy atom. The number of piperazine rings is 1. The maximum absolute atomic E-state index is 5.96. The molecule has 5 rings (SSSR count). The molecule has 1 N–H and O–H groups in total. The Kier molecular flexibility index (Phi) is 6.74. The highest BCUT2D eigenvalue weighted by atomic mass is 16.6. The van der Waals surface area contributed by atoms with Crippen LogP contribution in [0, 0.1) is 5.92 Å².